The number of nitrogens with one attached hydrogen (secondary N) is 1. The van der Waals surface area contributed by atoms with Crippen LogP contribution in [-0.2, 0) is 16.1 Å². The third-order valence-electron chi connectivity index (χ3n) is 4.65. The highest BCUT2D eigenvalue weighted by molar-refractivity contribution is 5.97. The maximum absolute atomic E-state index is 12.8. The van der Waals surface area contributed by atoms with Crippen LogP contribution in [0.15, 0.2) is 83.6 Å². The Labute approximate surface area is 179 Å². The third kappa shape index (κ3) is 4.90. The van der Waals surface area contributed by atoms with Crippen molar-refractivity contribution in [3.8, 4) is 16.9 Å². The monoisotopic (exact) mass is 415 g/mol. The van der Waals surface area contributed by atoms with Crippen molar-refractivity contribution in [2.45, 2.75) is 13.5 Å². The molecule has 31 heavy (non-hydrogen) atoms. The van der Waals surface area contributed by atoms with Gasteiger partial charge in [-0.05, 0) is 31.2 Å². The van der Waals surface area contributed by atoms with Gasteiger partial charge < -0.3 is 14.5 Å². The number of rotatable bonds is 7. The van der Waals surface area contributed by atoms with Crippen LogP contribution in [0.25, 0.3) is 16.9 Å². The first kappa shape index (κ1) is 20.2. The lowest BCUT2D eigenvalue weighted by atomic mass is 10.1. The van der Waals surface area contributed by atoms with E-state index in [0.717, 1.165) is 16.8 Å². The molecule has 2 aromatic carbocycles. The van der Waals surface area contributed by atoms with Crippen molar-refractivity contribution in [2.75, 3.05) is 6.61 Å². The zero-order valence-electron chi connectivity index (χ0n) is 16.9. The number of ether oxygens (including phenoxy) is 1. The average molecular weight is 415 g/mol. The zero-order valence-corrected chi connectivity index (χ0v) is 16.9. The number of nitrogens with zero attached hydrogens (tertiary/aromatic N) is 2. The molecule has 7 nitrogen and oxygen atoms in total. The van der Waals surface area contributed by atoms with E-state index in [1.807, 2.05) is 61.5 Å². The van der Waals surface area contributed by atoms with E-state index in [-0.39, 0.29) is 12.1 Å². The van der Waals surface area contributed by atoms with Crippen LogP contribution in [0.2, 0.25) is 0 Å². The fourth-order valence-electron chi connectivity index (χ4n) is 3.02. The third-order valence-corrected chi connectivity index (χ3v) is 4.65. The van der Waals surface area contributed by atoms with E-state index in [4.69, 9.17) is 9.15 Å². The van der Waals surface area contributed by atoms with Crippen LogP contribution in [0.3, 0.4) is 0 Å². The van der Waals surface area contributed by atoms with Gasteiger partial charge in [-0.3, -0.25) is 4.79 Å². The molecule has 0 fully saturated rings. The molecular weight excluding hydrogens is 394 g/mol. The fourth-order valence-corrected chi connectivity index (χ4v) is 3.02. The largest absolute Gasteiger partial charge is 0.467 e. The minimum Gasteiger partial charge on any atom is -0.467 e. The topological polar surface area (TPSA) is 86.4 Å². The minimum absolute atomic E-state index is 0.226. The molecule has 0 aliphatic carbocycles. The van der Waals surface area contributed by atoms with Gasteiger partial charge in [0.05, 0.1) is 18.5 Å². The molecule has 0 unspecified atom stereocenters. The quantitative estimate of drug-likeness (QED) is 0.463. The number of aryl methyl sites for hydroxylation is 1. The SMILES string of the molecule is Cc1ccc(-n2cc(C(=O)OCC(=O)NCc3ccco3)c(-c3ccccc3)n2)cc1. The summed E-state index contributed by atoms with van der Waals surface area (Å²) < 4.78 is 12.1. The van der Waals surface area contributed by atoms with Gasteiger partial charge >= 0.3 is 5.97 Å². The standard InChI is InChI=1S/C24H21N3O4/c1-17-9-11-19(12-10-17)27-15-21(23(26-27)18-6-3-2-4-7-18)24(29)31-16-22(28)25-14-20-8-5-13-30-20/h2-13,15H,14,16H2,1H3,(H,25,28). The number of benzene rings is 2. The number of hydrogen-bond acceptors (Lipinski definition) is 5. The summed E-state index contributed by atoms with van der Waals surface area (Å²) in [4.78, 5) is 24.8. The van der Waals surface area contributed by atoms with Crippen molar-refractivity contribution < 1.29 is 18.7 Å². The number of carbonyl (C=O) groups excluding carboxylic acids is 2. The number of furan rings is 1. The van der Waals surface area contributed by atoms with Crippen LogP contribution in [0.1, 0.15) is 21.7 Å². The molecule has 156 valence electrons. The van der Waals surface area contributed by atoms with E-state index in [2.05, 4.69) is 10.4 Å². The normalized spacial score (nSPS) is 10.6. The summed E-state index contributed by atoms with van der Waals surface area (Å²) in [5.74, 6) is -0.423. The summed E-state index contributed by atoms with van der Waals surface area (Å²) in [6.45, 7) is 1.83. The van der Waals surface area contributed by atoms with Crippen molar-refractivity contribution in [3.05, 3.63) is 96.1 Å². The van der Waals surface area contributed by atoms with Crippen LogP contribution in [0, 0.1) is 6.92 Å². The summed E-state index contributed by atoms with van der Waals surface area (Å²) in [5, 5.41) is 7.25. The van der Waals surface area contributed by atoms with Crippen LogP contribution in [0.5, 0.6) is 0 Å². The molecule has 0 aliphatic rings. The van der Waals surface area contributed by atoms with E-state index in [0.29, 0.717) is 11.5 Å². The first-order chi connectivity index (χ1) is 15.1. The van der Waals surface area contributed by atoms with Crippen LogP contribution in [0.4, 0.5) is 0 Å². The van der Waals surface area contributed by atoms with Gasteiger partial charge in [-0.2, -0.15) is 5.10 Å². The molecule has 1 N–H and O–H groups in total. The molecule has 0 aliphatic heterocycles. The van der Waals surface area contributed by atoms with Gasteiger partial charge in [0.2, 0.25) is 0 Å². The van der Waals surface area contributed by atoms with Gasteiger partial charge in [0, 0.05) is 11.8 Å². The Hall–Kier alpha value is -4.13. The molecule has 0 saturated heterocycles. The molecule has 2 heterocycles. The molecule has 2 aromatic heterocycles. The number of aromatic nitrogens is 2. The smallest absolute Gasteiger partial charge is 0.342 e. The predicted molar refractivity (Wildman–Crippen MR) is 115 cm³/mol. The van der Waals surface area contributed by atoms with Crippen LogP contribution >= 0.6 is 0 Å². The number of hydrogen-bond donors (Lipinski definition) is 1. The van der Waals surface area contributed by atoms with Crippen molar-refractivity contribution >= 4 is 11.9 Å². The molecule has 0 bridgehead atoms. The van der Waals surface area contributed by atoms with Crippen LogP contribution < -0.4 is 5.32 Å². The summed E-state index contributed by atoms with van der Waals surface area (Å²) in [7, 11) is 0. The Morgan fingerprint density at radius 2 is 1.81 bits per heavy atom. The van der Waals surface area contributed by atoms with Crippen molar-refractivity contribution in [2.24, 2.45) is 0 Å². The lowest BCUT2D eigenvalue weighted by Crippen LogP contribution is -2.28. The van der Waals surface area contributed by atoms with Gasteiger partial charge in [0.25, 0.3) is 5.91 Å². The van der Waals surface area contributed by atoms with Gasteiger partial charge in [0.1, 0.15) is 17.0 Å². The Kier molecular flexibility index (Phi) is 5.93. The van der Waals surface area contributed by atoms with Crippen molar-refractivity contribution in [1.82, 2.24) is 15.1 Å². The zero-order chi connectivity index (χ0) is 21.6. The first-order valence-corrected chi connectivity index (χ1v) is 9.78. The Morgan fingerprint density at radius 3 is 2.52 bits per heavy atom. The summed E-state index contributed by atoms with van der Waals surface area (Å²) in [5.41, 5.74) is 3.49. The molecular formula is C24H21N3O4. The van der Waals surface area contributed by atoms with Gasteiger partial charge in [-0.25, -0.2) is 9.48 Å². The Morgan fingerprint density at radius 1 is 1.03 bits per heavy atom. The lowest BCUT2D eigenvalue weighted by molar-refractivity contribution is -0.124. The highest BCUT2D eigenvalue weighted by Crippen LogP contribution is 2.24. The highest BCUT2D eigenvalue weighted by Gasteiger charge is 2.21. The van der Waals surface area contributed by atoms with E-state index in [9.17, 15) is 9.59 Å². The molecule has 0 atom stereocenters. The van der Waals surface area contributed by atoms with E-state index >= 15 is 0 Å². The predicted octanol–water partition coefficient (Wildman–Crippen LogP) is 3.91. The molecule has 0 radical (unpaired) electrons. The van der Waals surface area contributed by atoms with Gasteiger partial charge in [0.15, 0.2) is 6.61 Å². The van der Waals surface area contributed by atoms with E-state index in [1.165, 1.54) is 6.26 Å². The fraction of sp³-hybridized carbons (Fsp3) is 0.125. The number of amides is 1. The van der Waals surface area contributed by atoms with E-state index < -0.39 is 18.5 Å². The summed E-state index contributed by atoms with van der Waals surface area (Å²) in [6.07, 6.45) is 3.15. The highest BCUT2D eigenvalue weighted by atomic mass is 16.5. The maximum Gasteiger partial charge on any atom is 0.342 e. The average Bonchev–Trinajstić information content (AvgIpc) is 3.47. The molecule has 1 amide bonds. The maximum atomic E-state index is 12.8. The van der Waals surface area contributed by atoms with Crippen molar-refractivity contribution in [1.29, 1.82) is 0 Å². The Bertz CT molecular complexity index is 1160. The summed E-state index contributed by atoms with van der Waals surface area (Å²) in [6, 6.07) is 20.7. The molecule has 0 spiro atoms. The number of carbonyl (C=O) groups is 2. The molecule has 0 saturated carbocycles. The van der Waals surface area contributed by atoms with Gasteiger partial charge in [-0.15, -0.1) is 0 Å². The Balaban J connectivity index is 1.52. The van der Waals surface area contributed by atoms with Gasteiger partial charge in [-0.1, -0.05) is 48.0 Å². The first-order valence-electron chi connectivity index (χ1n) is 9.78. The summed E-state index contributed by atoms with van der Waals surface area (Å²) >= 11 is 0. The lowest BCUT2D eigenvalue weighted by Gasteiger charge is -2.06. The minimum atomic E-state index is -0.620. The second-order valence-electron chi connectivity index (χ2n) is 6.97. The number of esters is 1. The molecule has 4 rings (SSSR count). The molecule has 7 heteroatoms. The van der Waals surface area contributed by atoms with E-state index in [1.54, 1.807) is 23.0 Å². The second-order valence-corrected chi connectivity index (χ2v) is 6.97. The second kappa shape index (κ2) is 9.13. The van der Waals surface area contributed by atoms with Crippen molar-refractivity contribution in [3.63, 3.8) is 0 Å². The molecule has 4 aromatic rings. The van der Waals surface area contributed by atoms with Crippen LogP contribution in [-0.4, -0.2) is 28.3 Å².